The van der Waals surface area contributed by atoms with Crippen molar-refractivity contribution in [2.24, 2.45) is 5.73 Å². The van der Waals surface area contributed by atoms with Crippen LogP contribution in [0.15, 0.2) is 30.3 Å². The number of likely N-dealkylation sites (N-methyl/N-ethyl adjacent to an activating group) is 2. The van der Waals surface area contributed by atoms with E-state index in [-0.39, 0.29) is 30.8 Å². The molecule has 0 radical (unpaired) electrons. The van der Waals surface area contributed by atoms with Crippen LogP contribution < -0.4 is 5.73 Å². The van der Waals surface area contributed by atoms with E-state index in [1.165, 1.54) is 9.80 Å². The number of hydrogen-bond donors (Lipinski definition) is 1. The van der Waals surface area contributed by atoms with Gasteiger partial charge in [-0.2, -0.15) is 0 Å². The molecule has 6 heteroatoms. The van der Waals surface area contributed by atoms with Crippen LogP contribution in [0.5, 0.6) is 0 Å². The molecule has 0 spiro atoms. The number of rotatable bonds is 5. The minimum absolute atomic E-state index is 0. The van der Waals surface area contributed by atoms with E-state index in [0.29, 0.717) is 6.42 Å². The summed E-state index contributed by atoms with van der Waals surface area (Å²) in [7, 11) is 4.91. The van der Waals surface area contributed by atoms with Gasteiger partial charge >= 0.3 is 0 Å². The van der Waals surface area contributed by atoms with Crippen LogP contribution in [0.4, 0.5) is 0 Å². The van der Waals surface area contributed by atoms with Crippen molar-refractivity contribution in [2.45, 2.75) is 12.5 Å². The zero-order valence-electron chi connectivity index (χ0n) is 12.1. The average Bonchev–Trinajstić information content (AvgIpc) is 2.38. The summed E-state index contributed by atoms with van der Waals surface area (Å²) in [4.78, 5) is 26.4. The first kappa shape index (κ1) is 18.4. The van der Waals surface area contributed by atoms with Gasteiger partial charge in [0.05, 0.1) is 12.6 Å². The number of nitrogens with zero attached hydrogens (tertiary/aromatic N) is 2. The first-order valence-corrected chi connectivity index (χ1v) is 6.16. The molecule has 0 fully saturated rings. The van der Waals surface area contributed by atoms with Crippen molar-refractivity contribution in [3.8, 4) is 0 Å². The molecular formula is C14H22ClN3O2. The summed E-state index contributed by atoms with van der Waals surface area (Å²) in [5.41, 5.74) is 6.90. The Balaban J connectivity index is 0.00000361. The van der Waals surface area contributed by atoms with Crippen LogP contribution in [0.3, 0.4) is 0 Å². The second-order valence-corrected chi connectivity index (χ2v) is 4.78. The number of hydrogen-bond acceptors (Lipinski definition) is 3. The summed E-state index contributed by atoms with van der Waals surface area (Å²) in [6, 6.07) is 8.97. The Morgan fingerprint density at radius 1 is 1.15 bits per heavy atom. The molecule has 0 saturated heterocycles. The van der Waals surface area contributed by atoms with E-state index in [2.05, 4.69) is 0 Å². The number of carbonyl (C=O) groups excluding carboxylic acids is 2. The highest BCUT2D eigenvalue weighted by atomic mass is 35.5. The molecule has 2 N–H and O–H groups in total. The molecule has 2 amide bonds. The minimum atomic E-state index is -0.623. The van der Waals surface area contributed by atoms with Crippen molar-refractivity contribution in [1.82, 2.24) is 9.80 Å². The lowest BCUT2D eigenvalue weighted by Gasteiger charge is -2.22. The van der Waals surface area contributed by atoms with Crippen LogP contribution in [0.2, 0.25) is 0 Å². The molecule has 5 nitrogen and oxygen atoms in total. The van der Waals surface area contributed by atoms with Gasteiger partial charge in [0, 0.05) is 21.1 Å². The predicted molar refractivity (Wildman–Crippen MR) is 81.7 cm³/mol. The van der Waals surface area contributed by atoms with Gasteiger partial charge in [0.25, 0.3) is 0 Å². The Morgan fingerprint density at radius 2 is 1.70 bits per heavy atom. The van der Waals surface area contributed by atoms with Crippen LogP contribution in [-0.4, -0.2) is 55.3 Å². The van der Waals surface area contributed by atoms with Crippen LogP contribution in [-0.2, 0) is 16.0 Å². The van der Waals surface area contributed by atoms with Gasteiger partial charge in [-0.3, -0.25) is 9.59 Å². The van der Waals surface area contributed by atoms with E-state index < -0.39 is 6.04 Å². The van der Waals surface area contributed by atoms with E-state index >= 15 is 0 Å². The maximum absolute atomic E-state index is 12.0. The summed E-state index contributed by atoms with van der Waals surface area (Å²) in [6.07, 6.45) is 0.472. The molecule has 1 aromatic carbocycles. The standard InChI is InChI=1S/C14H21N3O2.ClH/c1-16(2)13(18)10-17(3)14(19)12(15)9-11-7-5-4-6-8-11;/h4-8,12H,9-10,15H2,1-3H3;1H/t12-;/m0./s1. The van der Waals surface area contributed by atoms with Crippen LogP contribution in [0.1, 0.15) is 5.56 Å². The Bertz CT molecular complexity index is 437. The highest BCUT2D eigenvalue weighted by Crippen LogP contribution is 2.03. The second-order valence-electron chi connectivity index (χ2n) is 4.78. The molecule has 0 aliphatic rings. The Labute approximate surface area is 126 Å². The second kappa shape index (κ2) is 8.55. The molecule has 0 aliphatic heterocycles. The van der Waals surface area contributed by atoms with E-state index in [1.807, 2.05) is 30.3 Å². The zero-order valence-corrected chi connectivity index (χ0v) is 12.9. The lowest BCUT2D eigenvalue weighted by atomic mass is 10.1. The van der Waals surface area contributed by atoms with Gasteiger partial charge in [-0.05, 0) is 12.0 Å². The van der Waals surface area contributed by atoms with Crippen molar-refractivity contribution in [2.75, 3.05) is 27.7 Å². The predicted octanol–water partition coefficient (Wildman–Crippen LogP) is 0.525. The van der Waals surface area contributed by atoms with E-state index in [4.69, 9.17) is 5.73 Å². The van der Waals surface area contributed by atoms with Gasteiger partial charge in [0.2, 0.25) is 11.8 Å². The number of benzene rings is 1. The van der Waals surface area contributed by atoms with Gasteiger partial charge in [-0.25, -0.2) is 0 Å². The molecule has 0 aliphatic carbocycles. The topological polar surface area (TPSA) is 66.6 Å². The number of halogens is 1. The summed E-state index contributed by atoms with van der Waals surface area (Å²) < 4.78 is 0. The molecule has 0 bridgehead atoms. The largest absolute Gasteiger partial charge is 0.347 e. The third-order valence-corrected chi connectivity index (χ3v) is 2.86. The lowest BCUT2D eigenvalue weighted by molar-refractivity contribution is -0.138. The van der Waals surface area contributed by atoms with Gasteiger partial charge in [0.15, 0.2) is 0 Å². The fraction of sp³-hybridized carbons (Fsp3) is 0.429. The molecule has 20 heavy (non-hydrogen) atoms. The fourth-order valence-electron chi connectivity index (χ4n) is 1.66. The van der Waals surface area contributed by atoms with Crippen molar-refractivity contribution < 1.29 is 9.59 Å². The average molecular weight is 300 g/mol. The first-order chi connectivity index (χ1) is 8.91. The molecule has 1 rings (SSSR count). The molecule has 0 heterocycles. The maximum Gasteiger partial charge on any atom is 0.241 e. The number of nitrogens with two attached hydrogens (primary N) is 1. The summed E-state index contributed by atoms with van der Waals surface area (Å²) >= 11 is 0. The van der Waals surface area contributed by atoms with Crippen molar-refractivity contribution in [1.29, 1.82) is 0 Å². The number of carbonyl (C=O) groups is 2. The van der Waals surface area contributed by atoms with Crippen molar-refractivity contribution in [3.63, 3.8) is 0 Å². The summed E-state index contributed by atoms with van der Waals surface area (Å²) in [6.45, 7) is 0.0499. The monoisotopic (exact) mass is 299 g/mol. The van der Waals surface area contributed by atoms with Gasteiger partial charge in [0.1, 0.15) is 0 Å². The number of amides is 2. The molecule has 1 aromatic rings. The lowest BCUT2D eigenvalue weighted by Crippen LogP contribution is -2.46. The summed E-state index contributed by atoms with van der Waals surface area (Å²) in [5.74, 6) is -0.346. The van der Waals surface area contributed by atoms with Crippen LogP contribution in [0.25, 0.3) is 0 Å². The summed E-state index contributed by atoms with van der Waals surface area (Å²) in [5, 5.41) is 0. The molecule has 0 unspecified atom stereocenters. The molecule has 0 aromatic heterocycles. The van der Waals surface area contributed by atoms with Crippen LogP contribution in [0, 0.1) is 0 Å². The molecular weight excluding hydrogens is 278 g/mol. The van der Waals surface area contributed by atoms with Crippen molar-refractivity contribution in [3.05, 3.63) is 35.9 Å². The molecule has 0 saturated carbocycles. The van der Waals surface area contributed by atoms with Gasteiger partial charge in [-0.15, -0.1) is 12.4 Å². The Kier molecular flexibility index (Phi) is 7.87. The quantitative estimate of drug-likeness (QED) is 0.862. The van der Waals surface area contributed by atoms with Crippen molar-refractivity contribution >= 4 is 24.2 Å². The van der Waals surface area contributed by atoms with E-state index in [0.717, 1.165) is 5.56 Å². The van der Waals surface area contributed by atoms with Gasteiger partial charge < -0.3 is 15.5 Å². The maximum atomic E-state index is 12.0. The van der Waals surface area contributed by atoms with Crippen LogP contribution >= 0.6 is 12.4 Å². The minimum Gasteiger partial charge on any atom is -0.347 e. The zero-order chi connectivity index (χ0) is 14.4. The highest BCUT2D eigenvalue weighted by molar-refractivity contribution is 5.87. The molecule has 1 atom stereocenters. The van der Waals surface area contributed by atoms with Gasteiger partial charge in [-0.1, -0.05) is 30.3 Å². The highest BCUT2D eigenvalue weighted by Gasteiger charge is 2.20. The first-order valence-electron chi connectivity index (χ1n) is 6.16. The third kappa shape index (κ3) is 5.59. The smallest absolute Gasteiger partial charge is 0.241 e. The normalized spacial score (nSPS) is 11.2. The molecule has 112 valence electrons. The fourth-order valence-corrected chi connectivity index (χ4v) is 1.66. The third-order valence-electron chi connectivity index (χ3n) is 2.86. The van der Waals surface area contributed by atoms with E-state index in [9.17, 15) is 9.59 Å². The Hall–Kier alpha value is -1.59. The Morgan fingerprint density at radius 3 is 2.20 bits per heavy atom. The SMILES string of the molecule is CN(C)C(=O)CN(C)C(=O)[C@@H](N)Cc1ccccc1.Cl. The van der Waals surface area contributed by atoms with E-state index in [1.54, 1.807) is 21.1 Å².